The molecule has 1 heterocycles. The van der Waals surface area contributed by atoms with Crippen molar-refractivity contribution in [3.05, 3.63) is 52.6 Å². The number of hydrogen-bond donors (Lipinski definition) is 2. The Bertz CT molecular complexity index is 558. The van der Waals surface area contributed by atoms with E-state index in [1.54, 1.807) is 24.3 Å². The quantitative estimate of drug-likeness (QED) is 0.888. The highest BCUT2D eigenvalue weighted by Gasteiger charge is 2.06. The molecule has 0 saturated heterocycles. The van der Waals surface area contributed by atoms with Gasteiger partial charge in [-0.3, -0.25) is 4.79 Å². The number of amides is 1. The molecule has 2 aromatic rings. The lowest BCUT2D eigenvalue weighted by Crippen LogP contribution is -2.29. The highest BCUT2D eigenvalue weighted by Crippen LogP contribution is 2.18. The molecule has 1 amide bonds. The fraction of sp³-hybridized carbons (Fsp3) is 0.154. The second kappa shape index (κ2) is 6.38. The lowest BCUT2D eigenvalue weighted by molar-refractivity contribution is -0.119. The normalized spacial score (nSPS) is 10.2. The van der Waals surface area contributed by atoms with Gasteiger partial charge in [0.25, 0.3) is 0 Å². The molecule has 6 heteroatoms. The second-order valence-corrected chi connectivity index (χ2v) is 4.75. The van der Waals surface area contributed by atoms with Gasteiger partial charge in [-0.05, 0) is 30.3 Å². The molecule has 0 aliphatic carbocycles. The maximum atomic E-state index is 13.5. The van der Waals surface area contributed by atoms with E-state index < -0.39 is 5.82 Å². The third kappa shape index (κ3) is 4.10. The summed E-state index contributed by atoms with van der Waals surface area (Å²) in [6.45, 7) is 0.315. The van der Waals surface area contributed by atoms with Crippen LogP contribution in [-0.2, 0) is 11.3 Å². The van der Waals surface area contributed by atoms with Gasteiger partial charge in [0, 0.05) is 4.47 Å². The fourth-order valence-corrected chi connectivity index (χ4v) is 1.80. The van der Waals surface area contributed by atoms with Gasteiger partial charge in [0.05, 0.1) is 25.0 Å². The van der Waals surface area contributed by atoms with Gasteiger partial charge in [0.2, 0.25) is 5.91 Å². The van der Waals surface area contributed by atoms with E-state index in [-0.39, 0.29) is 18.1 Å². The van der Waals surface area contributed by atoms with Crippen LogP contribution >= 0.6 is 15.9 Å². The summed E-state index contributed by atoms with van der Waals surface area (Å²) >= 11 is 3.17. The molecule has 0 unspecified atom stereocenters. The standard InChI is InChI=1S/C13H12BrFN2O2/c14-9-3-4-12(11(15)6-9)16-8-13(18)17-7-10-2-1-5-19-10/h1-6,16H,7-8H2,(H,17,18). The average Bonchev–Trinajstić information content (AvgIpc) is 2.88. The molecule has 100 valence electrons. The van der Waals surface area contributed by atoms with Gasteiger partial charge in [0.15, 0.2) is 0 Å². The van der Waals surface area contributed by atoms with E-state index in [0.29, 0.717) is 16.8 Å². The smallest absolute Gasteiger partial charge is 0.239 e. The molecule has 0 saturated carbocycles. The predicted molar refractivity (Wildman–Crippen MR) is 73.1 cm³/mol. The van der Waals surface area contributed by atoms with Crippen molar-refractivity contribution in [3.63, 3.8) is 0 Å². The molecule has 1 aromatic heterocycles. The van der Waals surface area contributed by atoms with E-state index in [9.17, 15) is 9.18 Å². The third-order valence-electron chi connectivity index (χ3n) is 2.41. The Hall–Kier alpha value is -1.82. The number of hydrogen-bond acceptors (Lipinski definition) is 3. The summed E-state index contributed by atoms with van der Waals surface area (Å²) in [6, 6.07) is 8.12. The van der Waals surface area contributed by atoms with Crippen molar-refractivity contribution in [2.45, 2.75) is 6.54 Å². The SMILES string of the molecule is O=C(CNc1ccc(Br)cc1F)NCc1ccco1. The summed E-state index contributed by atoms with van der Waals surface area (Å²) in [6.07, 6.45) is 1.54. The van der Waals surface area contributed by atoms with Crippen LogP contribution in [0.5, 0.6) is 0 Å². The number of halogens is 2. The van der Waals surface area contributed by atoms with Gasteiger partial charge >= 0.3 is 0 Å². The Morgan fingerprint density at radius 1 is 1.37 bits per heavy atom. The van der Waals surface area contributed by atoms with Crippen LogP contribution in [-0.4, -0.2) is 12.5 Å². The molecule has 0 spiro atoms. The Morgan fingerprint density at radius 2 is 2.21 bits per heavy atom. The summed E-state index contributed by atoms with van der Waals surface area (Å²) < 4.78 is 19.2. The van der Waals surface area contributed by atoms with Gasteiger partial charge in [0.1, 0.15) is 11.6 Å². The summed E-state index contributed by atoms with van der Waals surface area (Å²) in [5.74, 6) is 0.0232. The van der Waals surface area contributed by atoms with Crippen molar-refractivity contribution in [1.82, 2.24) is 5.32 Å². The van der Waals surface area contributed by atoms with E-state index >= 15 is 0 Å². The molecule has 0 aliphatic heterocycles. The molecule has 2 N–H and O–H groups in total. The topological polar surface area (TPSA) is 54.3 Å². The average molecular weight is 327 g/mol. The molecular weight excluding hydrogens is 315 g/mol. The third-order valence-corrected chi connectivity index (χ3v) is 2.90. The minimum atomic E-state index is -0.409. The number of anilines is 1. The first-order valence-corrected chi connectivity index (χ1v) is 6.42. The first-order chi connectivity index (χ1) is 9.15. The van der Waals surface area contributed by atoms with Crippen molar-refractivity contribution >= 4 is 27.5 Å². The van der Waals surface area contributed by atoms with Gasteiger partial charge in [-0.2, -0.15) is 0 Å². The number of rotatable bonds is 5. The number of furan rings is 1. The van der Waals surface area contributed by atoms with Crippen LogP contribution in [0.15, 0.2) is 45.5 Å². The van der Waals surface area contributed by atoms with Crippen molar-refractivity contribution < 1.29 is 13.6 Å². The van der Waals surface area contributed by atoms with Crippen molar-refractivity contribution in [1.29, 1.82) is 0 Å². The van der Waals surface area contributed by atoms with E-state index in [4.69, 9.17) is 4.42 Å². The second-order valence-electron chi connectivity index (χ2n) is 3.83. The van der Waals surface area contributed by atoms with Crippen molar-refractivity contribution in [2.24, 2.45) is 0 Å². The van der Waals surface area contributed by atoms with E-state index in [1.807, 2.05) is 0 Å². The maximum absolute atomic E-state index is 13.5. The van der Waals surface area contributed by atoms with Crippen molar-refractivity contribution in [3.8, 4) is 0 Å². The Kier molecular flexibility index (Phi) is 4.57. The molecular formula is C13H12BrFN2O2. The van der Waals surface area contributed by atoms with Crippen molar-refractivity contribution in [2.75, 3.05) is 11.9 Å². The largest absolute Gasteiger partial charge is 0.467 e. The number of benzene rings is 1. The zero-order chi connectivity index (χ0) is 13.7. The zero-order valence-corrected chi connectivity index (χ0v) is 11.5. The van der Waals surface area contributed by atoms with Crippen LogP contribution in [0.1, 0.15) is 5.76 Å². The molecule has 4 nitrogen and oxygen atoms in total. The van der Waals surface area contributed by atoms with Crippen LogP contribution in [0, 0.1) is 5.82 Å². The summed E-state index contributed by atoms with van der Waals surface area (Å²) in [4.78, 5) is 11.5. The molecule has 0 atom stereocenters. The summed E-state index contributed by atoms with van der Waals surface area (Å²) in [7, 11) is 0. The zero-order valence-electron chi connectivity index (χ0n) is 9.95. The van der Waals surface area contributed by atoms with E-state index in [2.05, 4.69) is 26.6 Å². The van der Waals surface area contributed by atoms with Gasteiger partial charge < -0.3 is 15.1 Å². The number of carbonyl (C=O) groups excluding carboxylic acids is 1. The molecule has 0 fully saturated rings. The van der Waals surface area contributed by atoms with Crippen LogP contribution < -0.4 is 10.6 Å². The van der Waals surface area contributed by atoms with E-state index in [1.165, 1.54) is 12.3 Å². The highest BCUT2D eigenvalue weighted by molar-refractivity contribution is 9.10. The van der Waals surface area contributed by atoms with Gasteiger partial charge in [-0.15, -0.1) is 0 Å². The van der Waals surface area contributed by atoms with Gasteiger partial charge in [-0.25, -0.2) is 4.39 Å². The van der Waals surface area contributed by atoms with Crippen LogP contribution in [0.3, 0.4) is 0 Å². The molecule has 0 radical (unpaired) electrons. The van der Waals surface area contributed by atoms with Crippen LogP contribution in [0.4, 0.5) is 10.1 Å². The summed E-state index contributed by atoms with van der Waals surface area (Å²) in [5.41, 5.74) is 0.288. The fourth-order valence-electron chi connectivity index (χ4n) is 1.47. The Labute approximate surface area is 118 Å². The lowest BCUT2D eigenvalue weighted by atomic mass is 10.3. The van der Waals surface area contributed by atoms with E-state index in [0.717, 1.165) is 0 Å². The molecule has 19 heavy (non-hydrogen) atoms. The van der Waals surface area contributed by atoms with Gasteiger partial charge in [-0.1, -0.05) is 15.9 Å². The first-order valence-electron chi connectivity index (χ1n) is 5.63. The Balaban J connectivity index is 1.80. The molecule has 1 aromatic carbocycles. The number of nitrogens with one attached hydrogen (secondary N) is 2. The maximum Gasteiger partial charge on any atom is 0.239 e. The minimum absolute atomic E-state index is 0.000733. The monoisotopic (exact) mass is 326 g/mol. The lowest BCUT2D eigenvalue weighted by Gasteiger charge is -2.08. The highest BCUT2D eigenvalue weighted by atomic mass is 79.9. The summed E-state index contributed by atoms with van der Waals surface area (Å²) in [5, 5.41) is 5.39. The van der Waals surface area contributed by atoms with Crippen LogP contribution in [0.2, 0.25) is 0 Å². The Morgan fingerprint density at radius 3 is 2.89 bits per heavy atom. The minimum Gasteiger partial charge on any atom is -0.467 e. The number of carbonyl (C=O) groups is 1. The predicted octanol–water partition coefficient (Wildman–Crippen LogP) is 2.91. The molecule has 0 aliphatic rings. The molecule has 2 rings (SSSR count). The molecule has 0 bridgehead atoms. The van der Waals surface area contributed by atoms with Crippen LogP contribution in [0.25, 0.3) is 0 Å². The first kappa shape index (κ1) is 13.6.